The molecule has 5 nitrogen and oxygen atoms in total. The molecular weight excluding hydrogens is 254 g/mol. The van der Waals surface area contributed by atoms with Crippen LogP contribution in [0.2, 0.25) is 0 Å². The number of hydrogen-bond acceptors (Lipinski definition) is 3. The summed E-state index contributed by atoms with van der Waals surface area (Å²) < 4.78 is 0. The molecule has 1 heterocycles. The topological polar surface area (TPSA) is 61.4 Å². The van der Waals surface area contributed by atoms with E-state index in [4.69, 9.17) is 0 Å². The van der Waals surface area contributed by atoms with E-state index in [-0.39, 0.29) is 11.8 Å². The van der Waals surface area contributed by atoms with E-state index in [2.05, 4.69) is 10.6 Å². The molecule has 1 aliphatic heterocycles. The Morgan fingerprint density at radius 3 is 2.75 bits per heavy atom. The van der Waals surface area contributed by atoms with Crippen LogP contribution in [0.5, 0.6) is 0 Å². The predicted octanol–water partition coefficient (Wildman–Crippen LogP) is 0.870. The highest BCUT2D eigenvalue weighted by molar-refractivity contribution is 5.99. The Balaban J connectivity index is 1.98. The number of amides is 2. The van der Waals surface area contributed by atoms with Gasteiger partial charge in [0, 0.05) is 37.8 Å². The van der Waals surface area contributed by atoms with Crippen LogP contribution in [0.4, 0.5) is 0 Å². The first-order valence-corrected chi connectivity index (χ1v) is 6.91. The molecule has 108 valence electrons. The zero-order valence-corrected chi connectivity index (χ0v) is 12.0. The van der Waals surface area contributed by atoms with Crippen molar-refractivity contribution in [2.75, 3.05) is 27.2 Å². The highest BCUT2D eigenvalue weighted by atomic mass is 16.2. The second kappa shape index (κ2) is 6.52. The number of rotatable bonds is 4. The maximum absolute atomic E-state index is 12.1. The van der Waals surface area contributed by atoms with Gasteiger partial charge in [-0.1, -0.05) is 6.07 Å². The van der Waals surface area contributed by atoms with Gasteiger partial charge in [-0.3, -0.25) is 9.59 Å². The average molecular weight is 275 g/mol. The maximum atomic E-state index is 12.1. The van der Waals surface area contributed by atoms with Crippen molar-refractivity contribution in [1.82, 2.24) is 15.5 Å². The van der Waals surface area contributed by atoms with Crippen molar-refractivity contribution < 1.29 is 9.59 Å². The normalized spacial score (nSPS) is 17.8. The summed E-state index contributed by atoms with van der Waals surface area (Å²) in [7, 11) is 3.39. The Hall–Kier alpha value is -1.88. The molecule has 0 saturated carbocycles. The number of carbonyl (C=O) groups excluding carboxylic acids is 2. The fourth-order valence-electron chi connectivity index (χ4n) is 2.30. The molecule has 5 heteroatoms. The highest BCUT2D eigenvalue weighted by Crippen LogP contribution is 2.08. The van der Waals surface area contributed by atoms with E-state index in [1.165, 1.54) is 4.90 Å². The molecule has 2 amide bonds. The molecule has 1 aliphatic rings. The fourth-order valence-corrected chi connectivity index (χ4v) is 2.30. The minimum Gasteiger partial charge on any atom is -0.350 e. The van der Waals surface area contributed by atoms with E-state index in [1.54, 1.807) is 38.4 Å². The van der Waals surface area contributed by atoms with E-state index in [0.29, 0.717) is 23.7 Å². The predicted molar refractivity (Wildman–Crippen MR) is 77.8 cm³/mol. The van der Waals surface area contributed by atoms with Gasteiger partial charge in [-0.25, -0.2) is 0 Å². The van der Waals surface area contributed by atoms with Crippen molar-refractivity contribution in [2.45, 2.75) is 18.9 Å². The van der Waals surface area contributed by atoms with Crippen LogP contribution >= 0.6 is 0 Å². The first-order valence-electron chi connectivity index (χ1n) is 6.91. The number of carbonyl (C=O) groups is 2. The quantitative estimate of drug-likeness (QED) is 0.857. The van der Waals surface area contributed by atoms with Crippen molar-refractivity contribution >= 4 is 11.8 Å². The van der Waals surface area contributed by atoms with E-state index >= 15 is 0 Å². The number of nitrogens with one attached hydrogen (secondary N) is 2. The molecule has 1 aromatic rings. The molecule has 0 aliphatic carbocycles. The van der Waals surface area contributed by atoms with Crippen molar-refractivity contribution in [1.29, 1.82) is 0 Å². The number of benzene rings is 1. The van der Waals surface area contributed by atoms with Gasteiger partial charge in [-0.15, -0.1) is 0 Å². The van der Waals surface area contributed by atoms with Gasteiger partial charge in [0.05, 0.1) is 0 Å². The van der Waals surface area contributed by atoms with Crippen LogP contribution in [0.15, 0.2) is 24.3 Å². The summed E-state index contributed by atoms with van der Waals surface area (Å²) in [4.78, 5) is 25.5. The van der Waals surface area contributed by atoms with Crippen molar-refractivity contribution in [3.63, 3.8) is 0 Å². The van der Waals surface area contributed by atoms with Gasteiger partial charge in [0.2, 0.25) is 0 Å². The highest BCUT2D eigenvalue weighted by Gasteiger charge is 2.16. The Bertz CT molecular complexity index is 494. The van der Waals surface area contributed by atoms with Crippen molar-refractivity contribution in [3.8, 4) is 0 Å². The maximum Gasteiger partial charge on any atom is 0.253 e. The first kappa shape index (κ1) is 14.5. The Kier molecular flexibility index (Phi) is 4.74. The van der Waals surface area contributed by atoms with Gasteiger partial charge >= 0.3 is 0 Å². The third-order valence-corrected chi connectivity index (χ3v) is 3.45. The van der Waals surface area contributed by atoms with Gasteiger partial charge < -0.3 is 15.5 Å². The van der Waals surface area contributed by atoms with Crippen molar-refractivity contribution in [3.05, 3.63) is 35.4 Å². The molecule has 1 aromatic carbocycles. The average Bonchev–Trinajstić information content (AvgIpc) is 2.97. The van der Waals surface area contributed by atoms with E-state index < -0.39 is 0 Å². The lowest BCUT2D eigenvalue weighted by atomic mass is 10.1. The molecular formula is C15H21N3O2. The minimum absolute atomic E-state index is 0.0999. The second-order valence-electron chi connectivity index (χ2n) is 5.28. The largest absolute Gasteiger partial charge is 0.350 e. The fraction of sp³-hybridized carbons (Fsp3) is 0.467. The molecule has 0 bridgehead atoms. The van der Waals surface area contributed by atoms with Gasteiger partial charge in [-0.05, 0) is 37.6 Å². The third-order valence-electron chi connectivity index (χ3n) is 3.45. The van der Waals surface area contributed by atoms with E-state index in [1.807, 2.05) is 0 Å². The summed E-state index contributed by atoms with van der Waals surface area (Å²) >= 11 is 0. The van der Waals surface area contributed by atoms with Gasteiger partial charge in [0.25, 0.3) is 11.8 Å². The van der Waals surface area contributed by atoms with Crippen LogP contribution in [0.1, 0.15) is 33.6 Å². The Labute approximate surface area is 119 Å². The molecule has 2 rings (SSSR count). The van der Waals surface area contributed by atoms with Crippen LogP contribution in [0.25, 0.3) is 0 Å². The Morgan fingerprint density at radius 1 is 1.35 bits per heavy atom. The van der Waals surface area contributed by atoms with Crippen LogP contribution in [0, 0.1) is 0 Å². The lowest BCUT2D eigenvalue weighted by molar-refractivity contribution is 0.0827. The third kappa shape index (κ3) is 3.57. The first-order chi connectivity index (χ1) is 9.58. The zero-order valence-electron chi connectivity index (χ0n) is 12.0. The van der Waals surface area contributed by atoms with Crippen LogP contribution < -0.4 is 10.6 Å². The van der Waals surface area contributed by atoms with E-state index in [9.17, 15) is 9.59 Å². The number of nitrogens with zero attached hydrogens (tertiary/aromatic N) is 1. The molecule has 1 atom stereocenters. The van der Waals surface area contributed by atoms with E-state index in [0.717, 1.165) is 19.4 Å². The SMILES string of the molecule is CN(C)C(=O)c1cccc(C(=O)NCC2CCCN2)c1. The standard InChI is InChI=1S/C15H21N3O2/c1-18(2)15(20)12-6-3-5-11(9-12)14(19)17-10-13-7-4-8-16-13/h3,5-6,9,13,16H,4,7-8,10H2,1-2H3,(H,17,19). The minimum atomic E-state index is -0.132. The molecule has 0 spiro atoms. The molecule has 20 heavy (non-hydrogen) atoms. The summed E-state index contributed by atoms with van der Waals surface area (Å²) in [5.41, 5.74) is 1.05. The van der Waals surface area contributed by atoms with Gasteiger partial charge in [-0.2, -0.15) is 0 Å². The summed E-state index contributed by atoms with van der Waals surface area (Å²) in [6, 6.07) is 7.19. The molecule has 1 unspecified atom stereocenters. The summed E-state index contributed by atoms with van der Waals surface area (Å²) in [5, 5.41) is 6.24. The smallest absolute Gasteiger partial charge is 0.253 e. The lowest BCUT2D eigenvalue weighted by Gasteiger charge is -2.13. The molecule has 0 radical (unpaired) electrons. The van der Waals surface area contributed by atoms with Crippen LogP contribution in [-0.2, 0) is 0 Å². The van der Waals surface area contributed by atoms with Crippen molar-refractivity contribution in [2.24, 2.45) is 0 Å². The Morgan fingerprint density at radius 2 is 2.10 bits per heavy atom. The zero-order chi connectivity index (χ0) is 14.5. The monoisotopic (exact) mass is 275 g/mol. The number of hydrogen-bond donors (Lipinski definition) is 2. The van der Waals surface area contributed by atoms with Gasteiger partial charge in [0.1, 0.15) is 0 Å². The van der Waals surface area contributed by atoms with Crippen LogP contribution in [-0.4, -0.2) is 49.9 Å². The molecule has 1 saturated heterocycles. The lowest BCUT2D eigenvalue weighted by Crippen LogP contribution is -2.37. The summed E-state index contributed by atoms with van der Waals surface area (Å²) in [5.74, 6) is -0.232. The molecule has 0 aromatic heterocycles. The summed E-state index contributed by atoms with van der Waals surface area (Å²) in [6.07, 6.45) is 2.26. The van der Waals surface area contributed by atoms with Crippen LogP contribution in [0.3, 0.4) is 0 Å². The second-order valence-corrected chi connectivity index (χ2v) is 5.28. The van der Waals surface area contributed by atoms with Gasteiger partial charge in [0.15, 0.2) is 0 Å². The molecule has 2 N–H and O–H groups in total. The summed E-state index contributed by atoms with van der Waals surface area (Å²) in [6.45, 7) is 1.65. The molecule has 1 fully saturated rings.